The molecule has 3 N–H and O–H groups in total. The number of thiocarbonyl (C=S) groups is 1. The highest BCUT2D eigenvalue weighted by molar-refractivity contribution is 9.10. The third-order valence-corrected chi connectivity index (χ3v) is 5.30. The Bertz CT molecular complexity index is 700. The molecule has 2 aromatic rings. The predicted molar refractivity (Wildman–Crippen MR) is 93.6 cm³/mol. The fraction of sp³-hybridized carbons (Fsp3) is 0.286. The van der Waals surface area contributed by atoms with Crippen LogP contribution in [0.15, 0.2) is 16.6 Å². The molecule has 7 heteroatoms. The summed E-state index contributed by atoms with van der Waals surface area (Å²) in [4.78, 5) is 5.65. The van der Waals surface area contributed by atoms with Crippen molar-refractivity contribution in [2.45, 2.75) is 26.8 Å². The van der Waals surface area contributed by atoms with Crippen LogP contribution in [0.2, 0.25) is 0 Å². The molecule has 21 heavy (non-hydrogen) atoms. The highest BCUT2D eigenvalue weighted by Crippen LogP contribution is 2.32. The standard InChI is InChI=1S/C14H15BrFN3S2/c1-6-13(21-8(3)18-6)7(2)19-10-5-4-9(14(17)20)11(15)12(10)16/h4-5,7,19H,1-3H3,(H2,17,20). The summed E-state index contributed by atoms with van der Waals surface area (Å²) >= 11 is 9.71. The van der Waals surface area contributed by atoms with E-state index in [1.54, 1.807) is 23.5 Å². The van der Waals surface area contributed by atoms with Crippen LogP contribution >= 0.6 is 39.5 Å². The average molecular weight is 388 g/mol. The smallest absolute Gasteiger partial charge is 0.161 e. The molecule has 0 saturated heterocycles. The van der Waals surface area contributed by atoms with Gasteiger partial charge in [0.1, 0.15) is 4.99 Å². The predicted octanol–water partition coefficient (Wildman–Crippen LogP) is 4.47. The normalized spacial score (nSPS) is 12.2. The molecule has 1 unspecified atom stereocenters. The highest BCUT2D eigenvalue weighted by atomic mass is 79.9. The monoisotopic (exact) mass is 387 g/mol. The minimum absolute atomic E-state index is 0.0340. The fourth-order valence-corrected chi connectivity index (χ4v) is 3.89. The van der Waals surface area contributed by atoms with Crippen LogP contribution in [0.25, 0.3) is 0 Å². The van der Waals surface area contributed by atoms with Crippen molar-refractivity contribution in [1.29, 1.82) is 0 Å². The largest absolute Gasteiger partial charge is 0.389 e. The van der Waals surface area contributed by atoms with Crippen molar-refractivity contribution in [3.05, 3.63) is 43.6 Å². The van der Waals surface area contributed by atoms with Crippen LogP contribution in [0.1, 0.15) is 34.1 Å². The van der Waals surface area contributed by atoms with Gasteiger partial charge in [-0.05, 0) is 48.8 Å². The van der Waals surface area contributed by atoms with Crippen LogP contribution in [0.4, 0.5) is 10.1 Å². The van der Waals surface area contributed by atoms with Gasteiger partial charge in [0.15, 0.2) is 5.82 Å². The molecular formula is C14H15BrFN3S2. The molecule has 1 heterocycles. The molecule has 0 aliphatic carbocycles. The van der Waals surface area contributed by atoms with E-state index >= 15 is 0 Å². The summed E-state index contributed by atoms with van der Waals surface area (Å²) < 4.78 is 14.6. The summed E-state index contributed by atoms with van der Waals surface area (Å²) in [5.74, 6) is -0.397. The first-order valence-electron chi connectivity index (χ1n) is 6.29. The minimum Gasteiger partial charge on any atom is -0.389 e. The van der Waals surface area contributed by atoms with Crippen molar-refractivity contribution in [3.63, 3.8) is 0 Å². The zero-order valence-corrected chi connectivity index (χ0v) is 15.0. The van der Waals surface area contributed by atoms with Crippen molar-refractivity contribution in [2.75, 3.05) is 5.32 Å². The van der Waals surface area contributed by atoms with E-state index in [1.165, 1.54) is 0 Å². The van der Waals surface area contributed by atoms with Crippen LogP contribution < -0.4 is 11.1 Å². The van der Waals surface area contributed by atoms with Gasteiger partial charge in [-0.25, -0.2) is 9.37 Å². The van der Waals surface area contributed by atoms with Crippen molar-refractivity contribution in [1.82, 2.24) is 4.98 Å². The first-order chi connectivity index (χ1) is 9.81. The second kappa shape index (κ2) is 6.37. The zero-order valence-electron chi connectivity index (χ0n) is 11.8. The van der Waals surface area contributed by atoms with Gasteiger partial charge in [0.2, 0.25) is 0 Å². The van der Waals surface area contributed by atoms with E-state index in [-0.39, 0.29) is 15.5 Å². The summed E-state index contributed by atoms with van der Waals surface area (Å²) in [6.07, 6.45) is 0. The molecule has 3 nitrogen and oxygen atoms in total. The highest BCUT2D eigenvalue weighted by Gasteiger charge is 2.17. The van der Waals surface area contributed by atoms with Crippen LogP contribution in [0.3, 0.4) is 0 Å². The van der Waals surface area contributed by atoms with Crippen LogP contribution in [0, 0.1) is 19.7 Å². The maximum absolute atomic E-state index is 14.4. The molecule has 0 saturated carbocycles. The number of nitrogens with two attached hydrogens (primary N) is 1. The van der Waals surface area contributed by atoms with Gasteiger partial charge in [0.05, 0.1) is 26.9 Å². The molecule has 0 radical (unpaired) electrons. The molecular weight excluding hydrogens is 373 g/mol. The number of benzene rings is 1. The number of anilines is 1. The van der Waals surface area contributed by atoms with Gasteiger partial charge in [0, 0.05) is 10.4 Å². The maximum atomic E-state index is 14.4. The summed E-state index contributed by atoms with van der Waals surface area (Å²) in [5, 5.41) is 4.17. The van der Waals surface area contributed by atoms with E-state index in [9.17, 15) is 4.39 Å². The molecule has 0 aliphatic rings. The van der Waals surface area contributed by atoms with Crippen molar-refractivity contribution >= 4 is 50.2 Å². The van der Waals surface area contributed by atoms with Crippen LogP contribution in [-0.4, -0.2) is 9.97 Å². The molecule has 1 atom stereocenters. The quantitative estimate of drug-likeness (QED) is 0.759. The fourth-order valence-electron chi connectivity index (χ4n) is 2.10. The first kappa shape index (κ1) is 16.3. The third kappa shape index (κ3) is 3.41. The van der Waals surface area contributed by atoms with Gasteiger partial charge in [-0.3, -0.25) is 0 Å². The van der Waals surface area contributed by atoms with Crippen molar-refractivity contribution < 1.29 is 4.39 Å². The molecule has 0 amide bonds. The minimum atomic E-state index is -0.397. The van der Waals surface area contributed by atoms with Crippen molar-refractivity contribution in [2.24, 2.45) is 5.73 Å². The summed E-state index contributed by atoms with van der Waals surface area (Å²) in [7, 11) is 0. The van der Waals surface area contributed by atoms with Crippen molar-refractivity contribution in [3.8, 4) is 0 Å². The topological polar surface area (TPSA) is 50.9 Å². The molecule has 0 aliphatic heterocycles. The molecule has 0 fully saturated rings. The third-order valence-electron chi connectivity index (χ3n) is 3.05. The Kier molecular flexibility index (Phi) is 4.95. The lowest BCUT2D eigenvalue weighted by atomic mass is 10.1. The molecule has 1 aromatic carbocycles. The Morgan fingerprint density at radius 1 is 1.48 bits per heavy atom. The molecule has 112 valence electrons. The number of aryl methyl sites for hydroxylation is 2. The van der Waals surface area contributed by atoms with E-state index < -0.39 is 5.82 Å². The first-order valence-corrected chi connectivity index (χ1v) is 8.31. The average Bonchev–Trinajstić information content (AvgIpc) is 2.74. The lowest BCUT2D eigenvalue weighted by molar-refractivity contribution is 0.621. The second-order valence-electron chi connectivity index (χ2n) is 4.70. The van der Waals surface area contributed by atoms with Crippen LogP contribution in [0.5, 0.6) is 0 Å². The number of nitrogens with zero attached hydrogens (tertiary/aromatic N) is 1. The Balaban J connectivity index is 2.30. The Morgan fingerprint density at radius 3 is 2.67 bits per heavy atom. The van der Waals surface area contributed by atoms with E-state index in [1.807, 2.05) is 20.8 Å². The van der Waals surface area contributed by atoms with E-state index in [0.29, 0.717) is 11.3 Å². The van der Waals surface area contributed by atoms with E-state index in [4.69, 9.17) is 18.0 Å². The summed E-state index contributed by atoms with van der Waals surface area (Å²) in [5.41, 5.74) is 7.42. The number of halogens is 2. The Labute approximate surface area is 140 Å². The van der Waals surface area contributed by atoms with Crippen LogP contribution in [-0.2, 0) is 0 Å². The van der Waals surface area contributed by atoms with Gasteiger partial charge >= 0.3 is 0 Å². The lowest BCUT2D eigenvalue weighted by Crippen LogP contribution is -2.13. The number of hydrogen-bond acceptors (Lipinski definition) is 4. The molecule has 1 aromatic heterocycles. The molecule has 2 rings (SSSR count). The number of hydrogen-bond donors (Lipinski definition) is 2. The summed E-state index contributed by atoms with van der Waals surface area (Å²) in [6, 6.07) is 3.32. The Morgan fingerprint density at radius 2 is 2.14 bits per heavy atom. The van der Waals surface area contributed by atoms with Gasteiger partial charge in [-0.1, -0.05) is 12.2 Å². The van der Waals surface area contributed by atoms with Gasteiger partial charge in [-0.2, -0.15) is 0 Å². The second-order valence-corrected chi connectivity index (χ2v) is 7.17. The lowest BCUT2D eigenvalue weighted by Gasteiger charge is -2.16. The van der Waals surface area contributed by atoms with E-state index in [2.05, 4.69) is 26.2 Å². The number of rotatable bonds is 4. The Hall–Kier alpha value is -1.05. The van der Waals surface area contributed by atoms with Gasteiger partial charge in [-0.15, -0.1) is 11.3 Å². The zero-order chi connectivity index (χ0) is 15.7. The maximum Gasteiger partial charge on any atom is 0.161 e. The van der Waals surface area contributed by atoms with Gasteiger partial charge in [0.25, 0.3) is 0 Å². The summed E-state index contributed by atoms with van der Waals surface area (Å²) in [6.45, 7) is 5.90. The molecule has 0 bridgehead atoms. The van der Waals surface area contributed by atoms with E-state index in [0.717, 1.165) is 15.6 Å². The number of thiazole rings is 1. The SMILES string of the molecule is Cc1nc(C)c(C(C)Nc2ccc(C(N)=S)c(Br)c2F)s1. The van der Waals surface area contributed by atoms with Gasteiger partial charge < -0.3 is 11.1 Å². The number of aromatic nitrogens is 1. The molecule has 0 spiro atoms. The number of nitrogens with one attached hydrogen (secondary N) is 1.